The highest BCUT2D eigenvalue weighted by molar-refractivity contribution is 7.89. The number of carboxylic acid groups (broad SMARTS) is 1. The number of alkyl halides is 3. The molecule has 2 aromatic rings. The fraction of sp³-hybridized carbons (Fsp3) is 0.476. The number of para-hydroxylation sites is 1. The molecule has 1 atom stereocenters. The van der Waals surface area contributed by atoms with E-state index >= 15 is 0 Å². The lowest BCUT2D eigenvalue weighted by atomic mass is 10.0. The van der Waals surface area contributed by atoms with Crippen molar-refractivity contribution in [3.63, 3.8) is 0 Å². The fourth-order valence-electron chi connectivity index (χ4n) is 3.87. The summed E-state index contributed by atoms with van der Waals surface area (Å²) in [6.07, 6.45) is -4.26. The van der Waals surface area contributed by atoms with E-state index in [-0.39, 0.29) is 10.9 Å². The molecule has 1 saturated heterocycles. The Morgan fingerprint density at radius 1 is 1.21 bits per heavy atom. The van der Waals surface area contributed by atoms with Gasteiger partial charge in [0, 0.05) is 37.0 Å². The summed E-state index contributed by atoms with van der Waals surface area (Å²) in [7, 11) is -3.56. The van der Waals surface area contributed by atoms with Gasteiger partial charge in [-0.1, -0.05) is 18.2 Å². The Morgan fingerprint density at radius 3 is 2.45 bits per heavy atom. The van der Waals surface area contributed by atoms with Crippen molar-refractivity contribution in [2.24, 2.45) is 0 Å². The van der Waals surface area contributed by atoms with E-state index in [0.717, 1.165) is 26.1 Å². The number of halogens is 3. The van der Waals surface area contributed by atoms with Crippen molar-refractivity contribution in [2.75, 3.05) is 19.6 Å². The summed E-state index contributed by atoms with van der Waals surface area (Å²) in [6.45, 7) is 6.78. The molecule has 182 valence electrons. The molecule has 12 heteroatoms. The molecule has 1 unspecified atom stereocenters. The third-order valence-electron chi connectivity index (χ3n) is 5.38. The maximum absolute atomic E-state index is 13.2. The van der Waals surface area contributed by atoms with Crippen LogP contribution < -0.4 is 4.74 Å². The summed E-state index contributed by atoms with van der Waals surface area (Å²) in [5.41, 5.74) is -0.499. The van der Waals surface area contributed by atoms with Crippen LogP contribution in [0.25, 0.3) is 0 Å². The highest BCUT2D eigenvalue weighted by Crippen LogP contribution is 2.39. The van der Waals surface area contributed by atoms with Gasteiger partial charge in [0.2, 0.25) is 10.0 Å². The molecule has 1 fully saturated rings. The average Bonchev–Trinajstić information content (AvgIpc) is 3.34. The minimum absolute atomic E-state index is 0.113. The third kappa shape index (κ3) is 5.86. The predicted molar refractivity (Wildman–Crippen MR) is 117 cm³/mol. The Bertz CT molecular complexity index is 1070. The summed E-state index contributed by atoms with van der Waals surface area (Å²) >= 11 is 1.75. The monoisotopic (exact) mass is 506 g/mol. The first-order valence-electron chi connectivity index (χ1n) is 10.2. The zero-order chi connectivity index (χ0) is 24.4. The average molecular weight is 507 g/mol. The number of fused-ring (bicyclic) bond motifs is 1. The lowest BCUT2D eigenvalue weighted by Gasteiger charge is -2.33. The minimum Gasteiger partial charge on any atom is -0.483 e. The topological polar surface area (TPSA) is 87.2 Å². The zero-order valence-electron chi connectivity index (χ0n) is 18.1. The largest absolute Gasteiger partial charge is 0.490 e. The maximum Gasteiger partial charge on any atom is 0.490 e. The van der Waals surface area contributed by atoms with Gasteiger partial charge in [-0.3, -0.25) is 4.90 Å². The maximum atomic E-state index is 13.2. The van der Waals surface area contributed by atoms with Gasteiger partial charge in [-0.2, -0.15) is 17.5 Å². The summed E-state index contributed by atoms with van der Waals surface area (Å²) in [5, 5.41) is 9.21. The van der Waals surface area contributed by atoms with Crippen LogP contribution in [-0.4, -0.2) is 66.2 Å². The molecule has 1 N–H and O–H groups in total. The van der Waals surface area contributed by atoms with Crippen LogP contribution >= 0.6 is 11.3 Å². The zero-order valence-corrected chi connectivity index (χ0v) is 19.7. The van der Waals surface area contributed by atoms with E-state index in [1.165, 1.54) is 4.88 Å². The molecular weight excluding hydrogens is 481 g/mol. The number of carboxylic acids is 1. The molecule has 7 nitrogen and oxygen atoms in total. The molecule has 0 amide bonds. The Hall–Kier alpha value is -2.15. The van der Waals surface area contributed by atoms with Gasteiger partial charge in [-0.25, -0.2) is 13.2 Å². The molecule has 2 aliphatic rings. The number of aliphatic carboxylic acids is 1. The summed E-state index contributed by atoms with van der Waals surface area (Å²) in [6, 6.07) is 11.1. The van der Waals surface area contributed by atoms with Gasteiger partial charge in [0.05, 0.1) is 6.54 Å². The second-order valence-electron chi connectivity index (χ2n) is 8.22. The van der Waals surface area contributed by atoms with Crippen molar-refractivity contribution in [2.45, 2.75) is 49.5 Å². The van der Waals surface area contributed by atoms with E-state index in [1.807, 2.05) is 19.9 Å². The van der Waals surface area contributed by atoms with Crippen LogP contribution in [0.1, 0.15) is 25.1 Å². The number of nitrogens with zero attached hydrogens (tertiary/aromatic N) is 2. The first kappa shape index (κ1) is 25.5. The molecule has 0 bridgehead atoms. The van der Waals surface area contributed by atoms with Crippen molar-refractivity contribution in [1.29, 1.82) is 0 Å². The third-order valence-corrected chi connectivity index (χ3v) is 8.30. The van der Waals surface area contributed by atoms with E-state index in [2.05, 4.69) is 22.4 Å². The van der Waals surface area contributed by atoms with Gasteiger partial charge in [0.1, 0.15) is 16.2 Å². The fourth-order valence-corrected chi connectivity index (χ4v) is 6.44. The van der Waals surface area contributed by atoms with Crippen molar-refractivity contribution in [1.82, 2.24) is 9.21 Å². The molecule has 4 rings (SSSR count). The molecule has 1 aromatic carbocycles. The Labute approximate surface area is 194 Å². The second-order valence-corrected chi connectivity index (χ2v) is 11.1. The standard InChI is InChI=1S/C19H24N2O3S2.C2HF3O2/c1-15(2)21-14-19(9-10-20(13-19)12-16-6-5-11-25-16)24-17-7-3-4-8-18(17)26(21,22)23;3-2(4,5)1(6)7/h3-8,11,15H,9-10,12-14H2,1-2H3;(H,6,7). The Balaban J connectivity index is 0.000000383. The number of sulfonamides is 1. The normalized spacial score (nSPS) is 22.8. The quantitative estimate of drug-likeness (QED) is 0.681. The molecule has 3 heterocycles. The molecule has 0 aliphatic carbocycles. The van der Waals surface area contributed by atoms with Crippen molar-refractivity contribution in [3.8, 4) is 5.75 Å². The van der Waals surface area contributed by atoms with E-state index in [0.29, 0.717) is 12.3 Å². The Morgan fingerprint density at radius 2 is 1.88 bits per heavy atom. The number of benzene rings is 1. The minimum atomic E-state index is -5.08. The van der Waals surface area contributed by atoms with E-state index in [1.54, 1.807) is 33.8 Å². The molecular formula is C21H25F3N2O5S2. The SMILES string of the molecule is CC(C)N1CC2(CCN(Cc3cccs3)C2)Oc2ccccc2S1(=O)=O.O=C(O)C(F)(F)F. The van der Waals surface area contributed by atoms with Gasteiger partial charge in [0.25, 0.3) is 0 Å². The number of rotatable bonds is 3. The number of hydrogen-bond acceptors (Lipinski definition) is 6. The van der Waals surface area contributed by atoms with Gasteiger partial charge in [-0.15, -0.1) is 11.3 Å². The molecule has 0 saturated carbocycles. The summed E-state index contributed by atoms with van der Waals surface area (Å²) in [4.78, 5) is 12.9. The van der Waals surface area contributed by atoms with Crippen LogP contribution in [0, 0.1) is 0 Å². The number of ether oxygens (including phenoxy) is 1. The number of carbonyl (C=O) groups is 1. The second kappa shape index (κ2) is 9.61. The Kier molecular flexibility index (Phi) is 7.42. The lowest BCUT2D eigenvalue weighted by Crippen LogP contribution is -2.51. The molecule has 2 aliphatic heterocycles. The first-order valence-corrected chi connectivity index (χ1v) is 12.5. The van der Waals surface area contributed by atoms with Crippen LogP contribution in [-0.2, 0) is 21.4 Å². The number of thiophene rings is 1. The van der Waals surface area contributed by atoms with Gasteiger partial charge in [-0.05, 0) is 37.4 Å². The van der Waals surface area contributed by atoms with Crippen molar-refractivity contribution in [3.05, 3.63) is 46.7 Å². The van der Waals surface area contributed by atoms with E-state index in [9.17, 15) is 21.6 Å². The molecule has 1 aromatic heterocycles. The molecule has 33 heavy (non-hydrogen) atoms. The van der Waals surface area contributed by atoms with Gasteiger partial charge in [0.15, 0.2) is 0 Å². The van der Waals surface area contributed by atoms with E-state index in [4.69, 9.17) is 14.6 Å². The van der Waals surface area contributed by atoms with Crippen LogP contribution in [0.3, 0.4) is 0 Å². The smallest absolute Gasteiger partial charge is 0.483 e. The van der Waals surface area contributed by atoms with E-state index < -0.39 is 27.8 Å². The number of hydrogen-bond donors (Lipinski definition) is 1. The van der Waals surface area contributed by atoms with Crippen LogP contribution in [0.2, 0.25) is 0 Å². The lowest BCUT2D eigenvalue weighted by molar-refractivity contribution is -0.192. The van der Waals surface area contributed by atoms with Crippen LogP contribution in [0.4, 0.5) is 13.2 Å². The van der Waals surface area contributed by atoms with Crippen molar-refractivity contribution < 1.29 is 36.2 Å². The first-order chi connectivity index (χ1) is 15.3. The van der Waals surface area contributed by atoms with Gasteiger partial charge >= 0.3 is 12.1 Å². The van der Waals surface area contributed by atoms with Gasteiger partial charge < -0.3 is 9.84 Å². The highest BCUT2D eigenvalue weighted by Gasteiger charge is 2.48. The highest BCUT2D eigenvalue weighted by atomic mass is 32.2. The molecule has 0 radical (unpaired) electrons. The van der Waals surface area contributed by atoms with Crippen LogP contribution in [0.5, 0.6) is 5.75 Å². The van der Waals surface area contributed by atoms with Crippen LogP contribution in [0.15, 0.2) is 46.7 Å². The number of likely N-dealkylation sites (tertiary alicyclic amines) is 1. The summed E-state index contributed by atoms with van der Waals surface area (Å²) < 4.78 is 66.1. The summed E-state index contributed by atoms with van der Waals surface area (Å²) in [5.74, 6) is -2.28. The molecule has 1 spiro atoms. The van der Waals surface area contributed by atoms with Crippen molar-refractivity contribution >= 4 is 27.3 Å². The predicted octanol–water partition coefficient (Wildman–Crippen LogP) is 3.82.